The van der Waals surface area contributed by atoms with Gasteiger partial charge >= 0.3 is 0 Å². The highest BCUT2D eigenvalue weighted by atomic mass is 16.1. The van der Waals surface area contributed by atoms with Crippen LogP contribution in [0.4, 0.5) is 0 Å². The van der Waals surface area contributed by atoms with E-state index in [2.05, 4.69) is 25.7 Å². The van der Waals surface area contributed by atoms with Gasteiger partial charge < -0.3 is 0 Å². The molecule has 0 fully saturated rings. The maximum absolute atomic E-state index is 10.4. The smallest absolute Gasteiger partial charge is 0.141 e. The molecule has 0 aliphatic carbocycles. The van der Waals surface area contributed by atoms with Crippen molar-refractivity contribution in [2.24, 2.45) is 5.92 Å². The van der Waals surface area contributed by atoms with Crippen molar-refractivity contribution in [2.45, 2.75) is 33.6 Å². The monoisotopic (exact) mass is 138 g/mol. The molecule has 1 nitrogen and oxygen atoms in total. The molecule has 0 N–H and O–H groups in total. The molecular formula is C9H14O. The molecule has 0 aromatic carbocycles. The summed E-state index contributed by atoms with van der Waals surface area (Å²) in [5.41, 5.74) is 0. The third-order valence-electron chi connectivity index (χ3n) is 1.30. The average molecular weight is 138 g/mol. The summed E-state index contributed by atoms with van der Waals surface area (Å²) in [6.45, 7) is 5.71. The molecule has 1 unspecified atom stereocenters. The van der Waals surface area contributed by atoms with Crippen LogP contribution in [0, 0.1) is 17.8 Å². The van der Waals surface area contributed by atoms with E-state index in [1.807, 2.05) is 0 Å². The van der Waals surface area contributed by atoms with Crippen LogP contribution in [0.15, 0.2) is 0 Å². The first-order valence-electron chi connectivity index (χ1n) is 3.64. The van der Waals surface area contributed by atoms with Gasteiger partial charge in [-0.15, -0.1) is 0 Å². The van der Waals surface area contributed by atoms with Gasteiger partial charge in [0.05, 0.1) is 6.42 Å². The summed E-state index contributed by atoms with van der Waals surface area (Å²) >= 11 is 0. The molecule has 0 spiro atoms. The van der Waals surface area contributed by atoms with E-state index in [1.54, 1.807) is 6.92 Å². The van der Waals surface area contributed by atoms with E-state index in [0.717, 1.165) is 6.42 Å². The van der Waals surface area contributed by atoms with Crippen molar-refractivity contribution >= 4 is 5.78 Å². The van der Waals surface area contributed by atoms with Crippen LogP contribution in [0.5, 0.6) is 0 Å². The second-order valence-electron chi connectivity index (χ2n) is 2.51. The summed E-state index contributed by atoms with van der Waals surface area (Å²) < 4.78 is 0. The third kappa shape index (κ3) is 5.37. The van der Waals surface area contributed by atoms with E-state index in [1.165, 1.54) is 0 Å². The fraction of sp³-hybridized carbons (Fsp3) is 0.667. The summed E-state index contributed by atoms with van der Waals surface area (Å²) in [7, 11) is 0. The number of carbonyl (C=O) groups is 1. The fourth-order valence-corrected chi connectivity index (χ4v) is 0.452. The van der Waals surface area contributed by atoms with Crippen LogP contribution in [-0.2, 0) is 4.79 Å². The maximum Gasteiger partial charge on any atom is 0.141 e. The lowest BCUT2D eigenvalue weighted by atomic mass is 10.1. The minimum Gasteiger partial charge on any atom is -0.299 e. The standard InChI is InChI=1S/C9H14O/c1-4-8(2)6-5-7-9(3)10/h8H,4,7H2,1-3H3. The van der Waals surface area contributed by atoms with Gasteiger partial charge in [0.25, 0.3) is 0 Å². The van der Waals surface area contributed by atoms with Crippen molar-refractivity contribution in [1.29, 1.82) is 0 Å². The Morgan fingerprint density at radius 1 is 1.60 bits per heavy atom. The van der Waals surface area contributed by atoms with Crippen molar-refractivity contribution in [3.63, 3.8) is 0 Å². The molecule has 10 heavy (non-hydrogen) atoms. The van der Waals surface area contributed by atoms with E-state index in [-0.39, 0.29) is 5.78 Å². The zero-order chi connectivity index (χ0) is 7.98. The molecule has 1 atom stereocenters. The summed E-state index contributed by atoms with van der Waals surface area (Å²) in [4.78, 5) is 10.4. The van der Waals surface area contributed by atoms with Crippen molar-refractivity contribution < 1.29 is 4.79 Å². The van der Waals surface area contributed by atoms with Crippen LogP contribution in [0.3, 0.4) is 0 Å². The number of carbonyl (C=O) groups excluding carboxylic acids is 1. The van der Waals surface area contributed by atoms with Gasteiger partial charge in [0.1, 0.15) is 5.78 Å². The third-order valence-corrected chi connectivity index (χ3v) is 1.30. The summed E-state index contributed by atoms with van der Waals surface area (Å²) in [5.74, 6) is 6.41. The van der Waals surface area contributed by atoms with E-state index >= 15 is 0 Å². The fourth-order valence-electron chi connectivity index (χ4n) is 0.452. The minimum absolute atomic E-state index is 0.149. The number of Topliss-reactive ketones (excluding diaryl/α,β-unsaturated/α-hetero) is 1. The molecule has 0 aliphatic heterocycles. The van der Waals surface area contributed by atoms with E-state index < -0.39 is 0 Å². The number of rotatable bonds is 2. The van der Waals surface area contributed by atoms with E-state index in [4.69, 9.17) is 0 Å². The topological polar surface area (TPSA) is 17.1 Å². The first kappa shape index (κ1) is 9.23. The van der Waals surface area contributed by atoms with Crippen molar-refractivity contribution in [1.82, 2.24) is 0 Å². The minimum atomic E-state index is 0.149. The molecule has 0 radical (unpaired) electrons. The second-order valence-corrected chi connectivity index (χ2v) is 2.51. The Morgan fingerprint density at radius 2 is 2.20 bits per heavy atom. The van der Waals surface area contributed by atoms with Crippen molar-refractivity contribution in [3.8, 4) is 11.8 Å². The predicted octanol–water partition coefficient (Wildman–Crippen LogP) is 2.01. The Labute approximate surface area is 62.8 Å². The Balaban J connectivity index is 3.58. The quantitative estimate of drug-likeness (QED) is 0.533. The van der Waals surface area contributed by atoms with Gasteiger partial charge in [-0.1, -0.05) is 25.7 Å². The second kappa shape index (κ2) is 5.05. The molecule has 0 bridgehead atoms. The van der Waals surface area contributed by atoms with Crippen LogP contribution in [-0.4, -0.2) is 5.78 Å². The van der Waals surface area contributed by atoms with Gasteiger partial charge in [-0.3, -0.25) is 4.79 Å². The van der Waals surface area contributed by atoms with Gasteiger partial charge in [0, 0.05) is 5.92 Å². The zero-order valence-corrected chi connectivity index (χ0v) is 6.90. The molecule has 0 rings (SSSR count). The Hall–Kier alpha value is -0.770. The summed E-state index contributed by atoms with van der Waals surface area (Å²) in [5, 5.41) is 0. The number of ketones is 1. The molecule has 0 amide bonds. The van der Waals surface area contributed by atoms with Gasteiger partial charge in [0.15, 0.2) is 0 Å². The highest BCUT2D eigenvalue weighted by Gasteiger charge is 1.89. The van der Waals surface area contributed by atoms with Crippen molar-refractivity contribution in [2.75, 3.05) is 0 Å². The van der Waals surface area contributed by atoms with Crippen LogP contribution in [0.25, 0.3) is 0 Å². The van der Waals surface area contributed by atoms with E-state index in [0.29, 0.717) is 12.3 Å². The van der Waals surface area contributed by atoms with Gasteiger partial charge in [-0.2, -0.15) is 0 Å². The number of hydrogen-bond donors (Lipinski definition) is 0. The molecule has 0 aliphatic rings. The SMILES string of the molecule is CCC(C)C#CCC(C)=O. The first-order chi connectivity index (χ1) is 4.66. The highest BCUT2D eigenvalue weighted by Crippen LogP contribution is 1.96. The van der Waals surface area contributed by atoms with Crippen molar-refractivity contribution in [3.05, 3.63) is 0 Å². The zero-order valence-electron chi connectivity index (χ0n) is 6.90. The van der Waals surface area contributed by atoms with Gasteiger partial charge in [-0.05, 0) is 13.3 Å². The molecule has 56 valence electrons. The summed E-state index contributed by atoms with van der Waals surface area (Å²) in [6.07, 6.45) is 1.47. The molecule has 0 saturated carbocycles. The lowest BCUT2D eigenvalue weighted by molar-refractivity contribution is -0.116. The van der Waals surface area contributed by atoms with Crippen LogP contribution >= 0.6 is 0 Å². The lowest BCUT2D eigenvalue weighted by Gasteiger charge is -1.93. The Morgan fingerprint density at radius 3 is 2.60 bits per heavy atom. The maximum atomic E-state index is 10.4. The predicted molar refractivity (Wildman–Crippen MR) is 42.5 cm³/mol. The Bertz CT molecular complexity index is 159. The molecule has 0 saturated heterocycles. The molecule has 1 heteroatoms. The van der Waals surface area contributed by atoms with Crippen LogP contribution < -0.4 is 0 Å². The molecular weight excluding hydrogens is 124 g/mol. The molecule has 0 aromatic rings. The lowest BCUT2D eigenvalue weighted by Crippen LogP contribution is -1.88. The first-order valence-corrected chi connectivity index (χ1v) is 3.64. The van der Waals surface area contributed by atoms with Crippen LogP contribution in [0.1, 0.15) is 33.6 Å². The molecule has 0 aromatic heterocycles. The van der Waals surface area contributed by atoms with Gasteiger partial charge in [-0.25, -0.2) is 0 Å². The van der Waals surface area contributed by atoms with E-state index in [9.17, 15) is 4.79 Å². The van der Waals surface area contributed by atoms with Gasteiger partial charge in [0.2, 0.25) is 0 Å². The summed E-state index contributed by atoms with van der Waals surface area (Å²) in [6, 6.07) is 0. The normalized spacial score (nSPS) is 11.5. The highest BCUT2D eigenvalue weighted by molar-refractivity contribution is 5.78. The average Bonchev–Trinajstić information content (AvgIpc) is 1.87. The number of hydrogen-bond acceptors (Lipinski definition) is 1. The largest absolute Gasteiger partial charge is 0.299 e. The Kier molecular flexibility index (Phi) is 4.66. The molecule has 0 heterocycles. The van der Waals surface area contributed by atoms with Crippen LogP contribution in [0.2, 0.25) is 0 Å².